The number of aromatic nitrogens is 2. The van der Waals surface area contributed by atoms with Crippen LogP contribution in [0.3, 0.4) is 0 Å². The molecule has 4 heteroatoms. The Labute approximate surface area is 97.0 Å². The molecule has 0 unspecified atom stereocenters. The van der Waals surface area contributed by atoms with E-state index in [1.54, 1.807) is 0 Å². The van der Waals surface area contributed by atoms with Crippen molar-refractivity contribution in [2.75, 3.05) is 26.8 Å². The van der Waals surface area contributed by atoms with Crippen molar-refractivity contribution in [1.82, 2.24) is 15.1 Å². The summed E-state index contributed by atoms with van der Waals surface area (Å²) in [5.41, 5.74) is 1.53. The van der Waals surface area contributed by atoms with Gasteiger partial charge in [0.1, 0.15) is 0 Å². The molecule has 0 bridgehead atoms. The van der Waals surface area contributed by atoms with Crippen LogP contribution >= 0.6 is 0 Å². The number of nitrogens with zero attached hydrogens (tertiary/aromatic N) is 2. The molecule has 2 heterocycles. The molecular weight excluding hydrogens is 202 g/mol. The van der Waals surface area contributed by atoms with E-state index in [-0.39, 0.29) is 0 Å². The molecule has 1 fully saturated rings. The van der Waals surface area contributed by atoms with E-state index in [0.717, 1.165) is 39.0 Å². The van der Waals surface area contributed by atoms with Crippen molar-refractivity contribution in [3.05, 3.63) is 18.0 Å². The van der Waals surface area contributed by atoms with Crippen LogP contribution in [0, 0.1) is 5.41 Å². The first-order chi connectivity index (χ1) is 7.74. The topological polar surface area (TPSA) is 39.1 Å². The lowest BCUT2D eigenvalue weighted by Gasteiger charge is -2.36. The van der Waals surface area contributed by atoms with Crippen LogP contribution in [0.4, 0.5) is 0 Å². The minimum atomic E-state index is 0.335. The van der Waals surface area contributed by atoms with Crippen molar-refractivity contribution in [1.29, 1.82) is 0 Å². The Morgan fingerprint density at radius 1 is 1.50 bits per heavy atom. The largest absolute Gasteiger partial charge is 0.381 e. The summed E-state index contributed by atoms with van der Waals surface area (Å²) in [6.07, 6.45) is 5.33. The summed E-state index contributed by atoms with van der Waals surface area (Å²) >= 11 is 0. The lowest BCUT2D eigenvalue weighted by atomic mass is 9.76. The molecule has 2 rings (SSSR count). The Kier molecular flexibility index (Phi) is 3.61. The third-order valence-corrected chi connectivity index (χ3v) is 3.43. The molecule has 4 nitrogen and oxygen atoms in total. The van der Waals surface area contributed by atoms with Crippen LogP contribution in [0.25, 0.3) is 0 Å². The van der Waals surface area contributed by atoms with Gasteiger partial charge in [-0.1, -0.05) is 0 Å². The van der Waals surface area contributed by atoms with Gasteiger partial charge in [-0.3, -0.25) is 4.68 Å². The Balaban J connectivity index is 2.06. The molecule has 0 aliphatic carbocycles. The minimum Gasteiger partial charge on any atom is -0.381 e. The number of ether oxygens (including phenoxy) is 1. The van der Waals surface area contributed by atoms with E-state index in [4.69, 9.17) is 4.74 Å². The van der Waals surface area contributed by atoms with Gasteiger partial charge in [-0.25, -0.2) is 0 Å². The number of hydrogen-bond donors (Lipinski definition) is 1. The van der Waals surface area contributed by atoms with Gasteiger partial charge in [0.15, 0.2) is 0 Å². The van der Waals surface area contributed by atoms with Gasteiger partial charge < -0.3 is 10.1 Å². The van der Waals surface area contributed by atoms with E-state index in [2.05, 4.69) is 16.5 Å². The molecule has 0 saturated carbocycles. The SMILES string of the molecule is CNCC1(Cc2ccn(C)n2)CCOCC1. The first-order valence-corrected chi connectivity index (χ1v) is 5.95. The molecule has 1 saturated heterocycles. The summed E-state index contributed by atoms with van der Waals surface area (Å²) in [5, 5.41) is 7.80. The van der Waals surface area contributed by atoms with E-state index in [1.165, 1.54) is 5.69 Å². The van der Waals surface area contributed by atoms with Crippen LogP contribution in [-0.2, 0) is 18.2 Å². The molecule has 1 N–H and O–H groups in total. The summed E-state index contributed by atoms with van der Waals surface area (Å²) in [5.74, 6) is 0. The molecule has 1 aromatic heterocycles. The number of nitrogens with one attached hydrogen (secondary N) is 1. The van der Waals surface area contributed by atoms with Crippen LogP contribution < -0.4 is 5.32 Å². The van der Waals surface area contributed by atoms with Gasteiger partial charge in [-0.15, -0.1) is 0 Å². The monoisotopic (exact) mass is 223 g/mol. The van der Waals surface area contributed by atoms with E-state index < -0.39 is 0 Å². The Morgan fingerprint density at radius 2 is 2.25 bits per heavy atom. The molecule has 0 aromatic carbocycles. The van der Waals surface area contributed by atoms with Crippen molar-refractivity contribution in [2.24, 2.45) is 12.5 Å². The van der Waals surface area contributed by atoms with Gasteiger partial charge in [-0.05, 0) is 37.8 Å². The number of aryl methyl sites for hydroxylation is 1. The van der Waals surface area contributed by atoms with Gasteiger partial charge in [-0.2, -0.15) is 5.10 Å². The molecule has 1 aromatic rings. The lowest BCUT2D eigenvalue weighted by Crippen LogP contribution is -2.39. The molecule has 16 heavy (non-hydrogen) atoms. The summed E-state index contributed by atoms with van der Waals surface area (Å²) in [4.78, 5) is 0. The van der Waals surface area contributed by atoms with Crippen molar-refractivity contribution >= 4 is 0 Å². The maximum atomic E-state index is 5.46. The Bertz CT molecular complexity index is 323. The second kappa shape index (κ2) is 4.97. The smallest absolute Gasteiger partial charge is 0.0630 e. The van der Waals surface area contributed by atoms with E-state index in [0.29, 0.717) is 5.41 Å². The van der Waals surface area contributed by atoms with Crippen LogP contribution in [0.5, 0.6) is 0 Å². The molecule has 1 aliphatic rings. The molecular formula is C12H21N3O. The minimum absolute atomic E-state index is 0.335. The van der Waals surface area contributed by atoms with Crippen LogP contribution in [0.2, 0.25) is 0 Å². The van der Waals surface area contributed by atoms with Crippen LogP contribution in [0.1, 0.15) is 18.5 Å². The highest BCUT2D eigenvalue weighted by molar-refractivity contribution is 5.04. The second-order valence-corrected chi connectivity index (χ2v) is 4.80. The van der Waals surface area contributed by atoms with Crippen LogP contribution in [0.15, 0.2) is 12.3 Å². The molecule has 0 amide bonds. The maximum absolute atomic E-state index is 5.46. The van der Waals surface area contributed by atoms with Gasteiger partial charge >= 0.3 is 0 Å². The average molecular weight is 223 g/mol. The van der Waals surface area contributed by atoms with Gasteiger partial charge in [0, 0.05) is 33.0 Å². The lowest BCUT2D eigenvalue weighted by molar-refractivity contribution is 0.0153. The van der Waals surface area contributed by atoms with Gasteiger partial charge in [0.25, 0.3) is 0 Å². The van der Waals surface area contributed by atoms with Crippen molar-refractivity contribution in [3.8, 4) is 0 Å². The average Bonchev–Trinajstić information content (AvgIpc) is 2.65. The normalized spacial score (nSPS) is 19.9. The molecule has 0 spiro atoms. The van der Waals surface area contributed by atoms with E-state index >= 15 is 0 Å². The zero-order valence-electron chi connectivity index (χ0n) is 10.2. The van der Waals surface area contributed by atoms with Crippen molar-refractivity contribution < 1.29 is 4.74 Å². The summed E-state index contributed by atoms with van der Waals surface area (Å²) in [6, 6.07) is 2.12. The fraction of sp³-hybridized carbons (Fsp3) is 0.750. The van der Waals surface area contributed by atoms with Crippen LogP contribution in [-0.4, -0.2) is 36.6 Å². The van der Waals surface area contributed by atoms with Gasteiger partial charge in [0.2, 0.25) is 0 Å². The fourth-order valence-corrected chi connectivity index (χ4v) is 2.54. The quantitative estimate of drug-likeness (QED) is 0.827. The standard InChI is InChI=1S/C12H21N3O/c1-13-10-12(4-7-16-8-5-12)9-11-3-6-15(2)14-11/h3,6,13H,4-5,7-10H2,1-2H3. The highest BCUT2D eigenvalue weighted by Crippen LogP contribution is 2.33. The van der Waals surface area contributed by atoms with E-state index in [1.807, 2.05) is 25.0 Å². The number of hydrogen-bond acceptors (Lipinski definition) is 3. The molecule has 0 radical (unpaired) electrons. The summed E-state index contributed by atoms with van der Waals surface area (Å²) in [7, 11) is 3.99. The molecule has 90 valence electrons. The fourth-order valence-electron chi connectivity index (χ4n) is 2.54. The third-order valence-electron chi connectivity index (χ3n) is 3.43. The highest BCUT2D eigenvalue weighted by atomic mass is 16.5. The zero-order chi connectivity index (χ0) is 11.4. The van der Waals surface area contributed by atoms with Gasteiger partial charge in [0.05, 0.1) is 5.69 Å². The van der Waals surface area contributed by atoms with E-state index in [9.17, 15) is 0 Å². The first-order valence-electron chi connectivity index (χ1n) is 5.95. The predicted octanol–water partition coefficient (Wildman–Crippen LogP) is 0.979. The number of rotatable bonds is 4. The Morgan fingerprint density at radius 3 is 2.81 bits per heavy atom. The summed E-state index contributed by atoms with van der Waals surface area (Å²) in [6.45, 7) is 2.82. The highest BCUT2D eigenvalue weighted by Gasteiger charge is 2.32. The molecule has 1 aliphatic heterocycles. The predicted molar refractivity (Wildman–Crippen MR) is 63.3 cm³/mol. The molecule has 0 atom stereocenters. The zero-order valence-corrected chi connectivity index (χ0v) is 10.2. The first kappa shape index (κ1) is 11.6. The summed E-state index contributed by atoms with van der Waals surface area (Å²) < 4.78 is 7.34. The van der Waals surface area contributed by atoms with Crippen molar-refractivity contribution in [2.45, 2.75) is 19.3 Å². The Hall–Kier alpha value is -0.870. The third kappa shape index (κ3) is 2.62. The maximum Gasteiger partial charge on any atom is 0.0630 e. The second-order valence-electron chi connectivity index (χ2n) is 4.80. The van der Waals surface area contributed by atoms with Crippen molar-refractivity contribution in [3.63, 3.8) is 0 Å².